The number of rotatable bonds is 4. The van der Waals surface area contributed by atoms with E-state index in [4.69, 9.17) is 0 Å². The molecule has 0 radical (unpaired) electrons. The van der Waals surface area contributed by atoms with Crippen molar-refractivity contribution < 1.29 is 18.3 Å². The van der Waals surface area contributed by atoms with Crippen LogP contribution in [0.1, 0.15) is 48.0 Å². The molecule has 1 amide bonds. The number of aliphatic hydroxyl groups excluding tert-OH is 1. The molecule has 29 heavy (non-hydrogen) atoms. The number of carbonyl (C=O) groups excluding carboxylic acids is 1. The average molecular weight is 415 g/mol. The van der Waals surface area contributed by atoms with Crippen molar-refractivity contribution in [2.24, 2.45) is 0 Å². The molecule has 1 aliphatic carbocycles. The molecule has 2 aromatic rings. The Morgan fingerprint density at radius 1 is 1.00 bits per heavy atom. The van der Waals surface area contributed by atoms with Crippen LogP contribution in [0.15, 0.2) is 53.4 Å². The number of carbonyl (C=O) groups is 1. The predicted octanol–water partition coefficient (Wildman–Crippen LogP) is 2.86. The first-order chi connectivity index (χ1) is 13.9. The first-order valence-electron chi connectivity index (χ1n) is 10.1. The molecule has 154 valence electrons. The van der Waals surface area contributed by atoms with Gasteiger partial charge in [-0.15, -0.1) is 0 Å². The van der Waals surface area contributed by atoms with Gasteiger partial charge in [-0.1, -0.05) is 18.2 Å². The van der Waals surface area contributed by atoms with E-state index in [0.29, 0.717) is 24.9 Å². The molecule has 1 fully saturated rings. The number of anilines is 1. The third kappa shape index (κ3) is 4.16. The van der Waals surface area contributed by atoms with Crippen molar-refractivity contribution in [3.8, 4) is 0 Å². The lowest BCUT2D eigenvalue weighted by Gasteiger charge is -2.30. The Kier molecular flexibility index (Phi) is 5.61. The van der Waals surface area contributed by atoms with Gasteiger partial charge in [0.15, 0.2) is 0 Å². The highest BCUT2D eigenvalue weighted by Gasteiger charge is 2.29. The highest BCUT2D eigenvalue weighted by atomic mass is 32.2. The molecule has 4 rings (SSSR count). The lowest BCUT2D eigenvalue weighted by molar-refractivity contribution is 0.0867. The number of hydrogen-bond acceptors (Lipinski definition) is 4. The van der Waals surface area contributed by atoms with Crippen LogP contribution in [-0.2, 0) is 16.4 Å². The molecule has 1 aliphatic heterocycles. The summed E-state index contributed by atoms with van der Waals surface area (Å²) in [6, 6.07) is 13.8. The van der Waals surface area contributed by atoms with Gasteiger partial charge in [0.1, 0.15) is 0 Å². The summed E-state index contributed by atoms with van der Waals surface area (Å²) in [5, 5.41) is 12.6. The predicted molar refractivity (Wildman–Crippen MR) is 111 cm³/mol. The van der Waals surface area contributed by atoms with Gasteiger partial charge in [0.25, 0.3) is 15.9 Å². The zero-order valence-corrected chi connectivity index (χ0v) is 17.1. The van der Waals surface area contributed by atoms with Gasteiger partial charge in [0.05, 0.1) is 16.7 Å². The summed E-state index contributed by atoms with van der Waals surface area (Å²) in [5.74, 6) is -0.210. The summed E-state index contributed by atoms with van der Waals surface area (Å²) in [4.78, 5) is 12.7. The number of hydrogen-bond donors (Lipinski definition) is 2. The third-order valence-electron chi connectivity index (χ3n) is 5.80. The van der Waals surface area contributed by atoms with Crippen LogP contribution in [-0.4, -0.2) is 38.1 Å². The van der Waals surface area contributed by atoms with Gasteiger partial charge in [-0.25, -0.2) is 8.42 Å². The van der Waals surface area contributed by atoms with Crippen molar-refractivity contribution in [1.29, 1.82) is 0 Å². The third-order valence-corrected chi connectivity index (χ3v) is 7.63. The number of nitrogens with zero attached hydrogens (tertiary/aromatic N) is 1. The van der Waals surface area contributed by atoms with E-state index in [2.05, 4.69) is 5.32 Å². The topological polar surface area (TPSA) is 86.7 Å². The smallest absolute Gasteiger partial charge is 0.264 e. The molecule has 1 saturated carbocycles. The molecule has 2 N–H and O–H groups in total. The Hall–Kier alpha value is -2.38. The SMILES string of the molecule is O=C(NC1CCC(O)CC1)c1ccc(S(=O)(=O)N2CCCc3ccccc32)cc1. The molecule has 0 spiro atoms. The second-order valence-electron chi connectivity index (χ2n) is 7.81. The minimum Gasteiger partial charge on any atom is -0.393 e. The molecule has 6 nitrogen and oxygen atoms in total. The summed E-state index contributed by atoms with van der Waals surface area (Å²) < 4.78 is 27.8. The van der Waals surface area contributed by atoms with Crippen LogP contribution >= 0.6 is 0 Å². The molecular weight excluding hydrogens is 388 g/mol. The Bertz CT molecular complexity index is 980. The Labute approximate surface area is 171 Å². The molecule has 0 bridgehead atoms. The van der Waals surface area contributed by atoms with Crippen LogP contribution in [0, 0.1) is 0 Å². The van der Waals surface area contributed by atoms with Crippen LogP contribution in [0.5, 0.6) is 0 Å². The van der Waals surface area contributed by atoms with Crippen molar-refractivity contribution >= 4 is 21.6 Å². The zero-order valence-electron chi connectivity index (χ0n) is 16.3. The van der Waals surface area contributed by atoms with Gasteiger partial charge in [-0.2, -0.15) is 0 Å². The number of benzene rings is 2. The van der Waals surface area contributed by atoms with Crippen molar-refractivity contribution in [2.75, 3.05) is 10.8 Å². The maximum Gasteiger partial charge on any atom is 0.264 e. The Morgan fingerprint density at radius 2 is 1.69 bits per heavy atom. The van der Waals surface area contributed by atoms with Crippen LogP contribution in [0.4, 0.5) is 5.69 Å². The highest BCUT2D eigenvalue weighted by molar-refractivity contribution is 7.92. The van der Waals surface area contributed by atoms with Crippen molar-refractivity contribution in [3.05, 3.63) is 59.7 Å². The number of amides is 1. The molecular formula is C22H26N2O4S. The number of para-hydroxylation sites is 1. The largest absolute Gasteiger partial charge is 0.393 e. The second kappa shape index (κ2) is 8.16. The summed E-state index contributed by atoms with van der Waals surface area (Å²) in [7, 11) is -3.68. The van der Waals surface area contributed by atoms with Crippen molar-refractivity contribution in [3.63, 3.8) is 0 Å². The molecule has 0 saturated heterocycles. The number of sulfonamides is 1. The minimum absolute atomic E-state index is 0.0548. The van der Waals surface area contributed by atoms with Gasteiger partial charge >= 0.3 is 0 Å². The molecule has 0 unspecified atom stereocenters. The maximum absolute atomic E-state index is 13.2. The van der Waals surface area contributed by atoms with Crippen molar-refractivity contribution in [2.45, 2.75) is 55.6 Å². The highest BCUT2D eigenvalue weighted by Crippen LogP contribution is 2.31. The minimum atomic E-state index is -3.68. The summed E-state index contributed by atoms with van der Waals surface area (Å²) >= 11 is 0. The molecule has 1 heterocycles. The van der Waals surface area contributed by atoms with Gasteiger partial charge in [-0.05, 0) is 74.4 Å². The zero-order chi connectivity index (χ0) is 20.4. The number of aryl methyl sites for hydroxylation is 1. The molecule has 0 aromatic heterocycles. The van der Waals surface area contributed by atoms with E-state index < -0.39 is 10.0 Å². The van der Waals surface area contributed by atoms with E-state index in [1.807, 2.05) is 24.3 Å². The molecule has 2 aromatic carbocycles. The van der Waals surface area contributed by atoms with Crippen molar-refractivity contribution in [1.82, 2.24) is 5.32 Å². The molecule has 2 aliphatic rings. The van der Waals surface area contributed by atoms with E-state index >= 15 is 0 Å². The van der Waals surface area contributed by atoms with Gasteiger partial charge < -0.3 is 10.4 Å². The lowest BCUT2D eigenvalue weighted by atomic mass is 9.93. The number of nitrogens with one attached hydrogen (secondary N) is 1. The first-order valence-corrected chi connectivity index (χ1v) is 11.6. The molecule has 0 atom stereocenters. The fourth-order valence-corrected chi connectivity index (χ4v) is 5.68. The van der Waals surface area contributed by atoms with Gasteiger partial charge in [0.2, 0.25) is 0 Å². The van der Waals surface area contributed by atoms with Gasteiger partial charge in [-0.3, -0.25) is 9.10 Å². The molecule has 7 heteroatoms. The van der Waals surface area contributed by atoms with E-state index in [9.17, 15) is 18.3 Å². The monoisotopic (exact) mass is 414 g/mol. The number of aliphatic hydroxyl groups is 1. The summed E-state index contributed by atoms with van der Waals surface area (Å²) in [5.41, 5.74) is 2.21. The lowest BCUT2D eigenvalue weighted by Crippen LogP contribution is -2.38. The van der Waals surface area contributed by atoms with E-state index in [0.717, 1.165) is 36.9 Å². The summed E-state index contributed by atoms with van der Waals surface area (Å²) in [6.07, 6.45) is 4.29. The Morgan fingerprint density at radius 3 is 2.41 bits per heavy atom. The second-order valence-corrected chi connectivity index (χ2v) is 9.68. The fraction of sp³-hybridized carbons (Fsp3) is 0.409. The van der Waals surface area contributed by atoms with Crippen LogP contribution < -0.4 is 9.62 Å². The standard InChI is InChI=1S/C22H26N2O4S/c25-19-11-9-18(10-12-19)23-22(26)17-7-13-20(14-8-17)29(27,28)24-15-3-5-16-4-1-2-6-21(16)24/h1-2,4,6-8,13-14,18-19,25H,3,5,9-12,15H2,(H,23,26). The quantitative estimate of drug-likeness (QED) is 0.805. The Balaban J connectivity index is 1.50. The maximum atomic E-state index is 13.2. The van der Waals surface area contributed by atoms with E-state index in [-0.39, 0.29) is 22.9 Å². The van der Waals surface area contributed by atoms with E-state index in [1.54, 1.807) is 12.1 Å². The summed E-state index contributed by atoms with van der Waals surface area (Å²) in [6.45, 7) is 0.453. The average Bonchev–Trinajstić information content (AvgIpc) is 2.75. The fourth-order valence-electron chi connectivity index (χ4n) is 4.14. The van der Waals surface area contributed by atoms with Gasteiger partial charge in [0, 0.05) is 18.2 Å². The number of fused-ring (bicyclic) bond motifs is 1. The van der Waals surface area contributed by atoms with Crippen LogP contribution in [0.3, 0.4) is 0 Å². The van der Waals surface area contributed by atoms with Crippen LogP contribution in [0.2, 0.25) is 0 Å². The van der Waals surface area contributed by atoms with E-state index in [1.165, 1.54) is 16.4 Å². The first kappa shape index (κ1) is 19.9. The van der Waals surface area contributed by atoms with Crippen LogP contribution in [0.25, 0.3) is 0 Å². The normalized spacial score (nSPS) is 22.0.